The molecule has 4 amide bonds. The first-order chi connectivity index (χ1) is 7.85. The van der Waals surface area contributed by atoms with E-state index in [4.69, 9.17) is 0 Å². The normalized spacial score (nSPS) is 20.1. The Kier molecular flexibility index (Phi) is 2.19. The summed E-state index contributed by atoms with van der Waals surface area (Å²) in [5.41, 5.74) is 0. The lowest BCUT2D eigenvalue weighted by Gasteiger charge is -2.35. The summed E-state index contributed by atoms with van der Waals surface area (Å²) in [4.78, 5) is 44.9. The van der Waals surface area contributed by atoms with Gasteiger partial charge in [-0.15, -0.1) is 0 Å². The highest BCUT2D eigenvalue weighted by molar-refractivity contribution is 6.16. The Bertz CT molecular complexity index is 424. The molecule has 0 bridgehead atoms. The molecule has 2 aliphatic heterocycles. The predicted octanol–water partition coefficient (Wildman–Crippen LogP) is -2.57. The molecule has 0 fully saturated rings. The molecule has 0 aliphatic carbocycles. The fourth-order valence-electron chi connectivity index (χ4n) is 1.49. The molecular weight excluding hydrogens is 232 g/mol. The van der Waals surface area contributed by atoms with Gasteiger partial charge in [0, 0.05) is 24.3 Å². The summed E-state index contributed by atoms with van der Waals surface area (Å²) < 4.78 is 0. The number of aliphatic hydroxyl groups is 2. The van der Waals surface area contributed by atoms with Crippen LogP contribution >= 0.6 is 0 Å². The zero-order valence-corrected chi connectivity index (χ0v) is 8.23. The van der Waals surface area contributed by atoms with Crippen LogP contribution in [0.1, 0.15) is 0 Å². The minimum atomic E-state index is -3.31. The summed E-state index contributed by atoms with van der Waals surface area (Å²) in [6.07, 6.45) is 3.17. The second kappa shape index (κ2) is 3.34. The number of imide groups is 2. The molecule has 0 radical (unpaired) electrons. The number of nitrogens with zero attached hydrogens (tertiary/aromatic N) is 2. The van der Waals surface area contributed by atoms with Crippen molar-refractivity contribution in [2.24, 2.45) is 0 Å². The number of hydrogen-bond acceptors (Lipinski definition) is 6. The van der Waals surface area contributed by atoms with Crippen molar-refractivity contribution in [3.63, 3.8) is 0 Å². The van der Waals surface area contributed by atoms with Gasteiger partial charge in [0.1, 0.15) is 0 Å². The van der Waals surface area contributed by atoms with Crippen LogP contribution in [0.3, 0.4) is 0 Å². The van der Waals surface area contributed by atoms with Gasteiger partial charge in [-0.3, -0.25) is 19.2 Å². The van der Waals surface area contributed by atoms with Crippen molar-refractivity contribution >= 4 is 23.6 Å². The Hall–Kier alpha value is -2.32. The molecule has 2 rings (SSSR count). The third-order valence-corrected chi connectivity index (χ3v) is 2.22. The van der Waals surface area contributed by atoms with E-state index >= 15 is 0 Å². The summed E-state index contributed by atoms with van der Waals surface area (Å²) in [5, 5.41) is 19.3. The van der Waals surface area contributed by atoms with E-state index in [1.54, 1.807) is 0 Å². The Labute approximate surface area is 94.0 Å². The maximum Gasteiger partial charge on any atom is 0.356 e. The molecule has 88 valence electrons. The molecule has 0 aromatic rings. The van der Waals surface area contributed by atoms with Gasteiger partial charge in [0.05, 0.1) is 0 Å². The van der Waals surface area contributed by atoms with E-state index in [2.05, 4.69) is 0 Å². The summed E-state index contributed by atoms with van der Waals surface area (Å²) in [6, 6.07) is -3.31. The molecule has 0 spiro atoms. The quantitative estimate of drug-likeness (QED) is 0.403. The molecule has 0 atom stereocenters. The van der Waals surface area contributed by atoms with Gasteiger partial charge in [-0.05, 0) is 0 Å². The second-order valence-corrected chi connectivity index (χ2v) is 3.29. The van der Waals surface area contributed by atoms with Crippen LogP contribution in [-0.4, -0.2) is 49.7 Å². The summed E-state index contributed by atoms with van der Waals surface area (Å²) >= 11 is 0. The molecule has 0 aromatic carbocycles. The van der Waals surface area contributed by atoms with Crippen LogP contribution in [0.2, 0.25) is 0 Å². The van der Waals surface area contributed by atoms with Crippen molar-refractivity contribution in [3.05, 3.63) is 24.3 Å². The molecule has 8 nitrogen and oxygen atoms in total. The number of amides is 4. The predicted molar refractivity (Wildman–Crippen MR) is 49.2 cm³/mol. The number of rotatable bonds is 2. The van der Waals surface area contributed by atoms with Crippen LogP contribution in [0, 0.1) is 0 Å². The van der Waals surface area contributed by atoms with Crippen LogP contribution in [-0.2, 0) is 19.2 Å². The highest BCUT2D eigenvalue weighted by Crippen LogP contribution is 2.22. The Morgan fingerprint density at radius 2 is 0.941 bits per heavy atom. The van der Waals surface area contributed by atoms with Crippen LogP contribution < -0.4 is 0 Å². The van der Waals surface area contributed by atoms with Crippen molar-refractivity contribution in [2.45, 2.75) is 6.03 Å². The van der Waals surface area contributed by atoms with Crippen LogP contribution in [0.4, 0.5) is 0 Å². The molecule has 0 saturated carbocycles. The zero-order valence-electron chi connectivity index (χ0n) is 8.23. The average Bonchev–Trinajstić information content (AvgIpc) is 2.71. The van der Waals surface area contributed by atoms with Gasteiger partial charge in [0.25, 0.3) is 23.6 Å². The molecule has 0 unspecified atom stereocenters. The van der Waals surface area contributed by atoms with Gasteiger partial charge in [-0.1, -0.05) is 0 Å². The fraction of sp³-hybridized carbons (Fsp3) is 0.111. The number of carbonyl (C=O) groups is 4. The standard InChI is InChI=1S/C9H6N2O6/c12-5-1-2-6(13)10(5)9(16,17)11-7(14)3-4-8(11)15/h1-4,16-17H. The molecule has 0 saturated heterocycles. The lowest BCUT2D eigenvalue weighted by molar-refractivity contribution is -0.305. The van der Waals surface area contributed by atoms with E-state index in [0.717, 1.165) is 24.3 Å². The van der Waals surface area contributed by atoms with E-state index in [-0.39, 0.29) is 9.80 Å². The Balaban J connectivity index is 2.37. The van der Waals surface area contributed by atoms with E-state index in [1.165, 1.54) is 0 Å². The van der Waals surface area contributed by atoms with Gasteiger partial charge in [0.15, 0.2) is 0 Å². The average molecular weight is 238 g/mol. The Morgan fingerprint density at radius 3 is 1.18 bits per heavy atom. The maximum absolute atomic E-state index is 11.2. The molecule has 0 aromatic heterocycles. The monoisotopic (exact) mass is 238 g/mol. The lowest BCUT2D eigenvalue weighted by atomic mass is 10.4. The minimum absolute atomic E-state index is 0.00417. The smallest absolute Gasteiger partial charge is 0.330 e. The first-order valence-corrected chi connectivity index (χ1v) is 4.43. The van der Waals surface area contributed by atoms with Crippen molar-refractivity contribution in [1.29, 1.82) is 0 Å². The van der Waals surface area contributed by atoms with Gasteiger partial charge in [-0.25, -0.2) is 9.80 Å². The lowest BCUT2D eigenvalue weighted by Crippen LogP contribution is -2.64. The topological polar surface area (TPSA) is 115 Å². The van der Waals surface area contributed by atoms with Crippen LogP contribution in [0.5, 0.6) is 0 Å². The molecule has 2 heterocycles. The van der Waals surface area contributed by atoms with Crippen molar-refractivity contribution in [3.8, 4) is 0 Å². The van der Waals surface area contributed by atoms with E-state index in [9.17, 15) is 29.4 Å². The zero-order chi connectivity index (χ0) is 12.8. The summed E-state index contributed by atoms with van der Waals surface area (Å²) in [5.74, 6) is -4.14. The van der Waals surface area contributed by atoms with E-state index in [1.807, 2.05) is 0 Å². The highest BCUT2D eigenvalue weighted by atomic mass is 16.6. The highest BCUT2D eigenvalue weighted by Gasteiger charge is 2.52. The molecule has 2 N–H and O–H groups in total. The van der Waals surface area contributed by atoms with Crippen molar-refractivity contribution < 1.29 is 29.4 Å². The van der Waals surface area contributed by atoms with Gasteiger partial charge < -0.3 is 10.2 Å². The number of carbonyl (C=O) groups excluding carboxylic acids is 4. The van der Waals surface area contributed by atoms with Gasteiger partial charge in [-0.2, -0.15) is 0 Å². The molecule has 2 aliphatic rings. The van der Waals surface area contributed by atoms with Crippen molar-refractivity contribution in [2.75, 3.05) is 0 Å². The van der Waals surface area contributed by atoms with Gasteiger partial charge in [0.2, 0.25) is 0 Å². The van der Waals surface area contributed by atoms with Crippen LogP contribution in [0.25, 0.3) is 0 Å². The molecule has 17 heavy (non-hydrogen) atoms. The van der Waals surface area contributed by atoms with E-state index in [0.29, 0.717) is 0 Å². The third kappa shape index (κ3) is 1.47. The second-order valence-electron chi connectivity index (χ2n) is 3.29. The van der Waals surface area contributed by atoms with Crippen LogP contribution in [0.15, 0.2) is 24.3 Å². The molecule has 8 heteroatoms. The Morgan fingerprint density at radius 1 is 0.706 bits per heavy atom. The molecular formula is C9H6N2O6. The summed E-state index contributed by atoms with van der Waals surface area (Å²) in [7, 11) is 0. The largest absolute Gasteiger partial charge is 0.356 e. The van der Waals surface area contributed by atoms with Gasteiger partial charge >= 0.3 is 6.03 Å². The first kappa shape index (κ1) is 11.2. The number of hydrogen-bond donors (Lipinski definition) is 2. The maximum atomic E-state index is 11.2. The summed E-state index contributed by atoms with van der Waals surface area (Å²) in [6.45, 7) is 0. The fourth-order valence-corrected chi connectivity index (χ4v) is 1.49. The third-order valence-electron chi connectivity index (χ3n) is 2.22. The first-order valence-electron chi connectivity index (χ1n) is 4.43. The minimum Gasteiger partial charge on any atom is -0.330 e. The van der Waals surface area contributed by atoms with E-state index < -0.39 is 29.7 Å². The van der Waals surface area contributed by atoms with Crippen molar-refractivity contribution in [1.82, 2.24) is 9.80 Å². The SMILES string of the molecule is O=C1C=CC(=O)N1C(O)(O)N1C(=O)C=CC1=O.